The molecule has 1 aromatic carbocycles. The molecule has 1 nitrogen and oxygen atoms in total. The van der Waals surface area contributed by atoms with Crippen molar-refractivity contribution in [1.82, 2.24) is 0 Å². The van der Waals surface area contributed by atoms with Crippen LogP contribution in [0.4, 0.5) is 0 Å². The van der Waals surface area contributed by atoms with Gasteiger partial charge in [-0.15, -0.1) is 0 Å². The maximum absolute atomic E-state index is 5.37. The molecule has 0 atom stereocenters. The zero-order valence-corrected chi connectivity index (χ0v) is 12.8. The number of ether oxygens (including phenoxy) is 1. The Hall–Kier alpha value is -0.500. The molecule has 0 spiro atoms. The molecule has 0 aromatic heterocycles. The first-order valence-electron chi connectivity index (χ1n) is 6.91. The van der Waals surface area contributed by atoms with Crippen LogP contribution >= 0.6 is 15.9 Å². The number of hydrogen-bond acceptors (Lipinski definition) is 1. The summed E-state index contributed by atoms with van der Waals surface area (Å²) in [4.78, 5) is 0. The molecule has 0 saturated heterocycles. The molecule has 3 aliphatic rings. The Morgan fingerprint density at radius 3 is 2.17 bits per heavy atom. The smallest absolute Gasteiger partial charge is 0.121 e. The standard InChI is InChI=1S/C16H21BrO/c1-12-11-13(3-4-14(12)18-2)15-5-8-16(17,9-6-15)10-7-15/h3-4,11H,5-10H2,1-2H3. The Bertz CT molecular complexity index is 442. The van der Waals surface area contributed by atoms with Crippen molar-refractivity contribution in [1.29, 1.82) is 0 Å². The molecule has 0 amide bonds. The van der Waals surface area contributed by atoms with E-state index in [2.05, 4.69) is 41.1 Å². The molecule has 1 aromatic rings. The molecular weight excluding hydrogens is 288 g/mol. The van der Waals surface area contributed by atoms with Gasteiger partial charge >= 0.3 is 0 Å². The molecule has 4 rings (SSSR count). The SMILES string of the molecule is COc1ccc(C23CCC(Br)(CC2)CC3)cc1C. The molecule has 3 fully saturated rings. The molecule has 3 saturated carbocycles. The molecular formula is C16H21BrO. The van der Waals surface area contributed by atoms with E-state index in [1.54, 1.807) is 7.11 Å². The van der Waals surface area contributed by atoms with Crippen LogP contribution in [-0.4, -0.2) is 11.4 Å². The molecule has 0 radical (unpaired) electrons. The van der Waals surface area contributed by atoms with Crippen molar-refractivity contribution in [3.05, 3.63) is 29.3 Å². The second-order valence-electron chi connectivity index (χ2n) is 6.12. The molecule has 2 bridgehead atoms. The van der Waals surface area contributed by atoms with Gasteiger partial charge < -0.3 is 4.74 Å². The van der Waals surface area contributed by atoms with Crippen LogP contribution in [0.3, 0.4) is 0 Å². The van der Waals surface area contributed by atoms with Crippen LogP contribution < -0.4 is 4.74 Å². The van der Waals surface area contributed by atoms with E-state index in [9.17, 15) is 0 Å². The summed E-state index contributed by atoms with van der Waals surface area (Å²) in [6, 6.07) is 6.79. The lowest BCUT2D eigenvalue weighted by Crippen LogP contribution is -2.44. The first-order valence-corrected chi connectivity index (χ1v) is 7.70. The van der Waals surface area contributed by atoms with Crippen LogP contribution in [0, 0.1) is 6.92 Å². The molecule has 2 heteroatoms. The van der Waals surface area contributed by atoms with Gasteiger partial charge in [0.2, 0.25) is 0 Å². The van der Waals surface area contributed by atoms with Crippen molar-refractivity contribution in [2.45, 2.75) is 55.2 Å². The lowest BCUT2D eigenvalue weighted by molar-refractivity contribution is 0.162. The number of rotatable bonds is 2. The quantitative estimate of drug-likeness (QED) is 0.717. The van der Waals surface area contributed by atoms with E-state index in [1.165, 1.54) is 49.7 Å². The summed E-state index contributed by atoms with van der Waals surface area (Å²) in [5.74, 6) is 1.01. The third-order valence-electron chi connectivity index (χ3n) is 5.16. The Kier molecular flexibility index (Phi) is 2.97. The molecule has 0 N–H and O–H groups in total. The van der Waals surface area contributed by atoms with Gasteiger partial charge in [-0.05, 0) is 68.1 Å². The highest BCUT2D eigenvalue weighted by Gasteiger charge is 2.48. The van der Waals surface area contributed by atoms with Crippen LogP contribution in [0.25, 0.3) is 0 Å². The minimum atomic E-state index is 0.451. The number of halogens is 1. The fourth-order valence-electron chi connectivity index (χ4n) is 3.78. The average molecular weight is 309 g/mol. The normalized spacial score (nSPS) is 34.6. The fraction of sp³-hybridized carbons (Fsp3) is 0.625. The van der Waals surface area contributed by atoms with Crippen LogP contribution in [0.2, 0.25) is 0 Å². The summed E-state index contributed by atoms with van der Waals surface area (Å²) < 4.78 is 5.84. The first-order chi connectivity index (χ1) is 8.57. The highest BCUT2D eigenvalue weighted by molar-refractivity contribution is 9.10. The van der Waals surface area contributed by atoms with Crippen LogP contribution in [0.1, 0.15) is 49.7 Å². The van der Waals surface area contributed by atoms with E-state index < -0.39 is 0 Å². The van der Waals surface area contributed by atoms with Crippen molar-refractivity contribution in [2.24, 2.45) is 0 Å². The average Bonchev–Trinajstić information content (AvgIpc) is 2.40. The summed E-state index contributed by atoms with van der Waals surface area (Å²) in [6.45, 7) is 2.15. The number of benzene rings is 1. The molecule has 3 aliphatic carbocycles. The maximum atomic E-state index is 5.37. The highest BCUT2D eigenvalue weighted by atomic mass is 79.9. The predicted molar refractivity (Wildman–Crippen MR) is 78.8 cm³/mol. The molecule has 98 valence electrons. The van der Waals surface area contributed by atoms with Crippen LogP contribution in [0.15, 0.2) is 18.2 Å². The molecule has 0 unspecified atom stereocenters. The van der Waals surface area contributed by atoms with E-state index >= 15 is 0 Å². The Morgan fingerprint density at radius 2 is 1.67 bits per heavy atom. The minimum absolute atomic E-state index is 0.451. The lowest BCUT2D eigenvalue weighted by Gasteiger charge is -2.51. The van der Waals surface area contributed by atoms with Crippen molar-refractivity contribution in [2.75, 3.05) is 7.11 Å². The summed E-state index contributed by atoms with van der Waals surface area (Å²) in [7, 11) is 1.75. The fourth-order valence-corrected chi connectivity index (χ4v) is 4.38. The van der Waals surface area contributed by atoms with Gasteiger partial charge in [-0.25, -0.2) is 0 Å². The minimum Gasteiger partial charge on any atom is -0.496 e. The van der Waals surface area contributed by atoms with E-state index in [4.69, 9.17) is 4.74 Å². The molecule has 0 aliphatic heterocycles. The number of methoxy groups -OCH3 is 1. The largest absolute Gasteiger partial charge is 0.496 e. The Balaban J connectivity index is 1.93. The van der Waals surface area contributed by atoms with Crippen molar-refractivity contribution in [3.63, 3.8) is 0 Å². The number of fused-ring (bicyclic) bond motifs is 3. The Labute approximate surface area is 118 Å². The monoisotopic (exact) mass is 308 g/mol. The number of alkyl halides is 1. The summed E-state index contributed by atoms with van der Waals surface area (Å²) in [5.41, 5.74) is 3.26. The van der Waals surface area contributed by atoms with Crippen molar-refractivity contribution >= 4 is 15.9 Å². The third kappa shape index (κ3) is 1.89. The second-order valence-corrected chi connectivity index (χ2v) is 7.80. The van der Waals surface area contributed by atoms with Gasteiger partial charge in [-0.1, -0.05) is 28.1 Å². The predicted octanol–water partition coefficient (Wildman–Crippen LogP) is 4.74. The maximum Gasteiger partial charge on any atom is 0.121 e. The van der Waals surface area contributed by atoms with Crippen molar-refractivity contribution in [3.8, 4) is 5.75 Å². The third-order valence-corrected chi connectivity index (χ3v) is 6.35. The van der Waals surface area contributed by atoms with Crippen molar-refractivity contribution < 1.29 is 4.74 Å². The second kappa shape index (κ2) is 4.26. The van der Waals surface area contributed by atoms with E-state index in [1.807, 2.05) is 0 Å². The zero-order chi connectivity index (χ0) is 12.8. The van der Waals surface area contributed by atoms with Crippen LogP contribution in [-0.2, 0) is 5.41 Å². The molecule has 0 heterocycles. The van der Waals surface area contributed by atoms with Gasteiger partial charge in [0.05, 0.1) is 7.11 Å². The van der Waals surface area contributed by atoms with Gasteiger partial charge in [-0.3, -0.25) is 0 Å². The Morgan fingerprint density at radius 1 is 1.06 bits per heavy atom. The van der Waals surface area contributed by atoms with E-state index in [0.29, 0.717) is 9.74 Å². The van der Waals surface area contributed by atoms with Gasteiger partial charge in [0.25, 0.3) is 0 Å². The molecule has 18 heavy (non-hydrogen) atoms. The summed E-state index contributed by atoms with van der Waals surface area (Å²) >= 11 is 3.95. The topological polar surface area (TPSA) is 9.23 Å². The van der Waals surface area contributed by atoms with Gasteiger partial charge in [0, 0.05) is 4.32 Å². The highest BCUT2D eigenvalue weighted by Crippen LogP contribution is 2.57. The van der Waals surface area contributed by atoms with Gasteiger partial charge in [0.1, 0.15) is 5.75 Å². The summed E-state index contributed by atoms with van der Waals surface area (Å²) in [5, 5.41) is 0. The lowest BCUT2D eigenvalue weighted by atomic mass is 9.58. The van der Waals surface area contributed by atoms with E-state index in [0.717, 1.165) is 5.75 Å². The zero-order valence-electron chi connectivity index (χ0n) is 11.3. The number of aryl methyl sites for hydroxylation is 1. The first kappa shape index (κ1) is 12.5. The van der Waals surface area contributed by atoms with Gasteiger partial charge in [0.15, 0.2) is 0 Å². The van der Waals surface area contributed by atoms with E-state index in [-0.39, 0.29) is 0 Å². The summed E-state index contributed by atoms with van der Waals surface area (Å²) in [6.07, 6.45) is 8.01. The van der Waals surface area contributed by atoms with Gasteiger partial charge in [-0.2, -0.15) is 0 Å². The number of hydrogen-bond donors (Lipinski definition) is 0. The van der Waals surface area contributed by atoms with Crippen LogP contribution in [0.5, 0.6) is 5.75 Å².